The Bertz CT molecular complexity index is 819. The Balaban J connectivity index is 1.32. The van der Waals surface area contributed by atoms with Crippen molar-refractivity contribution < 1.29 is 4.79 Å². The third-order valence-corrected chi connectivity index (χ3v) is 4.73. The van der Waals surface area contributed by atoms with Crippen LogP contribution >= 0.6 is 0 Å². The normalized spacial score (nSPS) is 15.4. The van der Waals surface area contributed by atoms with E-state index in [0.29, 0.717) is 6.54 Å². The van der Waals surface area contributed by atoms with E-state index in [1.54, 1.807) is 12.4 Å². The number of nitrogens with zero attached hydrogens (tertiary/aromatic N) is 3. The van der Waals surface area contributed by atoms with Crippen LogP contribution in [0.1, 0.15) is 18.4 Å². The molecule has 3 aromatic rings. The van der Waals surface area contributed by atoms with Gasteiger partial charge in [-0.2, -0.15) is 0 Å². The summed E-state index contributed by atoms with van der Waals surface area (Å²) in [5.41, 5.74) is 3.05. The molecular weight excluding hydrogens is 314 g/mol. The average Bonchev–Trinajstić information content (AvgIpc) is 3.11. The smallest absolute Gasteiger partial charge is 0.223 e. The third-order valence-electron chi connectivity index (χ3n) is 4.73. The van der Waals surface area contributed by atoms with Crippen LogP contribution < -0.4 is 10.2 Å². The number of fused-ring (bicyclic) bond motifs is 1. The minimum atomic E-state index is 0.0669. The van der Waals surface area contributed by atoms with Crippen LogP contribution in [0.4, 0.5) is 5.95 Å². The number of H-pyrrole nitrogens is 1. The quantitative estimate of drug-likeness (QED) is 0.768. The molecule has 25 heavy (non-hydrogen) atoms. The fraction of sp³-hybridized carbons (Fsp3) is 0.316. The summed E-state index contributed by atoms with van der Waals surface area (Å²) in [5, 5.41) is 3.02. The number of amides is 1. The number of carbonyl (C=O) groups is 1. The van der Waals surface area contributed by atoms with Gasteiger partial charge in [-0.3, -0.25) is 9.78 Å². The number of carbonyl (C=O) groups excluding carboxylic acids is 1. The second-order valence-electron chi connectivity index (χ2n) is 6.42. The van der Waals surface area contributed by atoms with Crippen LogP contribution in [0.15, 0.2) is 48.8 Å². The summed E-state index contributed by atoms with van der Waals surface area (Å²) < 4.78 is 0. The topological polar surface area (TPSA) is 73.9 Å². The predicted molar refractivity (Wildman–Crippen MR) is 97.1 cm³/mol. The molecule has 0 radical (unpaired) electrons. The lowest BCUT2D eigenvalue weighted by molar-refractivity contribution is -0.125. The highest BCUT2D eigenvalue weighted by atomic mass is 16.1. The number of pyridine rings is 1. The second-order valence-corrected chi connectivity index (χ2v) is 6.42. The maximum absolute atomic E-state index is 12.4. The van der Waals surface area contributed by atoms with E-state index in [4.69, 9.17) is 0 Å². The fourth-order valence-electron chi connectivity index (χ4n) is 3.28. The average molecular weight is 335 g/mol. The summed E-state index contributed by atoms with van der Waals surface area (Å²) in [6.07, 6.45) is 5.20. The minimum absolute atomic E-state index is 0.0669. The zero-order valence-electron chi connectivity index (χ0n) is 14.0. The molecule has 0 atom stereocenters. The Labute approximate surface area is 146 Å². The van der Waals surface area contributed by atoms with Gasteiger partial charge in [0.15, 0.2) is 0 Å². The molecule has 2 N–H and O–H groups in total. The van der Waals surface area contributed by atoms with Gasteiger partial charge in [-0.25, -0.2) is 4.98 Å². The Kier molecular flexibility index (Phi) is 4.33. The van der Waals surface area contributed by atoms with E-state index in [1.165, 1.54) is 0 Å². The van der Waals surface area contributed by atoms with Crippen molar-refractivity contribution in [3.05, 3.63) is 54.4 Å². The van der Waals surface area contributed by atoms with Gasteiger partial charge in [-0.05, 0) is 36.6 Å². The first-order valence-corrected chi connectivity index (χ1v) is 8.66. The van der Waals surface area contributed by atoms with Crippen molar-refractivity contribution in [2.24, 2.45) is 5.92 Å². The molecule has 1 amide bonds. The summed E-state index contributed by atoms with van der Waals surface area (Å²) in [6, 6.07) is 11.9. The SMILES string of the molecule is O=C(NCc1cccnc1)C1CCN(c2nc3ccccc3[nH]2)CC1. The first kappa shape index (κ1) is 15.6. The van der Waals surface area contributed by atoms with Crippen LogP contribution in [0, 0.1) is 5.92 Å². The molecule has 1 aliphatic heterocycles. The molecule has 1 aliphatic rings. The number of aromatic amines is 1. The van der Waals surface area contributed by atoms with Gasteiger partial charge in [0.1, 0.15) is 0 Å². The molecule has 0 aliphatic carbocycles. The molecule has 6 nitrogen and oxygen atoms in total. The van der Waals surface area contributed by atoms with Crippen molar-refractivity contribution in [1.82, 2.24) is 20.3 Å². The number of hydrogen-bond donors (Lipinski definition) is 2. The molecular formula is C19H21N5O. The number of para-hydroxylation sites is 2. The van der Waals surface area contributed by atoms with E-state index in [0.717, 1.165) is 48.5 Å². The number of aromatic nitrogens is 3. The number of anilines is 1. The number of rotatable bonds is 4. The molecule has 0 saturated carbocycles. The minimum Gasteiger partial charge on any atom is -0.352 e. The van der Waals surface area contributed by atoms with E-state index < -0.39 is 0 Å². The molecule has 2 aromatic heterocycles. The Morgan fingerprint density at radius 3 is 2.80 bits per heavy atom. The zero-order chi connectivity index (χ0) is 17.1. The second kappa shape index (κ2) is 6.93. The number of nitrogens with one attached hydrogen (secondary N) is 2. The van der Waals surface area contributed by atoms with Gasteiger partial charge in [-0.1, -0.05) is 18.2 Å². The van der Waals surface area contributed by atoms with Crippen molar-refractivity contribution in [3.8, 4) is 0 Å². The Hall–Kier alpha value is -2.89. The molecule has 1 aromatic carbocycles. The predicted octanol–water partition coefficient (Wildman–Crippen LogP) is 2.49. The molecule has 1 fully saturated rings. The number of hydrogen-bond acceptors (Lipinski definition) is 4. The fourth-order valence-corrected chi connectivity index (χ4v) is 3.28. The van der Waals surface area contributed by atoms with E-state index in [-0.39, 0.29) is 11.8 Å². The van der Waals surface area contributed by atoms with E-state index in [1.807, 2.05) is 36.4 Å². The van der Waals surface area contributed by atoms with Crippen LogP contribution in [0.5, 0.6) is 0 Å². The highest BCUT2D eigenvalue weighted by Gasteiger charge is 2.26. The van der Waals surface area contributed by atoms with Gasteiger partial charge in [0.05, 0.1) is 11.0 Å². The van der Waals surface area contributed by atoms with Gasteiger partial charge in [0.2, 0.25) is 11.9 Å². The Morgan fingerprint density at radius 1 is 1.20 bits per heavy atom. The van der Waals surface area contributed by atoms with Crippen LogP contribution in [-0.2, 0) is 11.3 Å². The summed E-state index contributed by atoms with van der Waals surface area (Å²) in [5.74, 6) is 1.10. The van der Waals surface area contributed by atoms with E-state index in [2.05, 4.69) is 25.2 Å². The van der Waals surface area contributed by atoms with Gasteiger partial charge < -0.3 is 15.2 Å². The van der Waals surface area contributed by atoms with Crippen molar-refractivity contribution in [1.29, 1.82) is 0 Å². The van der Waals surface area contributed by atoms with Gasteiger partial charge in [0, 0.05) is 37.9 Å². The molecule has 1 saturated heterocycles. The highest BCUT2D eigenvalue weighted by Crippen LogP contribution is 2.23. The van der Waals surface area contributed by atoms with Gasteiger partial charge in [-0.15, -0.1) is 0 Å². The zero-order valence-corrected chi connectivity index (χ0v) is 14.0. The number of benzene rings is 1. The standard InChI is InChI=1S/C19H21N5O/c25-18(21-13-14-4-3-9-20-12-14)15-7-10-24(11-8-15)19-22-16-5-1-2-6-17(16)23-19/h1-6,9,12,15H,7-8,10-11,13H2,(H,21,25)(H,22,23). The monoisotopic (exact) mass is 335 g/mol. The summed E-state index contributed by atoms with van der Waals surface area (Å²) in [4.78, 5) is 26.7. The summed E-state index contributed by atoms with van der Waals surface area (Å²) in [7, 11) is 0. The molecule has 128 valence electrons. The lowest BCUT2D eigenvalue weighted by atomic mass is 9.96. The number of imidazole rings is 1. The molecule has 4 rings (SSSR count). The third kappa shape index (κ3) is 3.47. The maximum Gasteiger partial charge on any atom is 0.223 e. The van der Waals surface area contributed by atoms with Gasteiger partial charge >= 0.3 is 0 Å². The van der Waals surface area contributed by atoms with E-state index >= 15 is 0 Å². The summed E-state index contributed by atoms with van der Waals surface area (Å²) in [6.45, 7) is 2.21. The van der Waals surface area contributed by atoms with Crippen molar-refractivity contribution in [2.75, 3.05) is 18.0 Å². The van der Waals surface area contributed by atoms with Crippen molar-refractivity contribution in [3.63, 3.8) is 0 Å². The molecule has 3 heterocycles. The molecule has 0 bridgehead atoms. The Morgan fingerprint density at radius 2 is 2.04 bits per heavy atom. The first-order valence-electron chi connectivity index (χ1n) is 8.66. The first-order chi connectivity index (χ1) is 12.3. The highest BCUT2D eigenvalue weighted by molar-refractivity contribution is 5.79. The largest absolute Gasteiger partial charge is 0.352 e. The van der Waals surface area contributed by atoms with Gasteiger partial charge in [0.25, 0.3) is 0 Å². The van der Waals surface area contributed by atoms with Crippen LogP contribution in [0.3, 0.4) is 0 Å². The maximum atomic E-state index is 12.4. The van der Waals surface area contributed by atoms with Crippen molar-refractivity contribution >= 4 is 22.9 Å². The lowest BCUT2D eigenvalue weighted by Crippen LogP contribution is -2.40. The van der Waals surface area contributed by atoms with Crippen LogP contribution in [0.25, 0.3) is 11.0 Å². The molecule has 6 heteroatoms. The van der Waals surface area contributed by atoms with E-state index in [9.17, 15) is 4.79 Å². The van der Waals surface area contributed by atoms with Crippen LogP contribution in [-0.4, -0.2) is 33.9 Å². The van der Waals surface area contributed by atoms with Crippen LogP contribution in [0.2, 0.25) is 0 Å². The summed E-state index contributed by atoms with van der Waals surface area (Å²) >= 11 is 0. The number of piperidine rings is 1. The lowest BCUT2D eigenvalue weighted by Gasteiger charge is -2.31. The van der Waals surface area contributed by atoms with Crippen molar-refractivity contribution in [2.45, 2.75) is 19.4 Å². The molecule has 0 unspecified atom stereocenters. The molecule has 0 spiro atoms.